The fraction of sp³-hybridized carbons (Fsp3) is 0.632. The molecule has 0 radical (unpaired) electrons. The fourth-order valence-electron chi connectivity index (χ4n) is 3.60. The summed E-state index contributed by atoms with van der Waals surface area (Å²) in [4.78, 5) is 12.5. The maximum Gasteiger partial charge on any atom is 0.140 e. The van der Waals surface area contributed by atoms with E-state index in [4.69, 9.17) is 9.47 Å². The van der Waals surface area contributed by atoms with Gasteiger partial charge in [0.15, 0.2) is 0 Å². The topological polar surface area (TPSA) is 47.6 Å². The summed E-state index contributed by atoms with van der Waals surface area (Å²) in [5, 5.41) is 3.34. The molecule has 1 aromatic carbocycles. The zero-order valence-corrected chi connectivity index (χ0v) is 13.9. The molecule has 0 bridgehead atoms. The van der Waals surface area contributed by atoms with Crippen molar-refractivity contribution >= 4 is 5.78 Å². The van der Waals surface area contributed by atoms with Crippen LogP contribution in [0.5, 0.6) is 0 Å². The van der Waals surface area contributed by atoms with Crippen molar-refractivity contribution in [1.82, 2.24) is 5.32 Å². The normalized spacial score (nSPS) is 28.5. The maximum absolute atomic E-state index is 12.5. The number of methoxy groups -OCH3 is 1. The van der Waals surface area contributed by atoms with Gasteiger partial charge in [-0.05, 0) is 36.8 Å². The fourth-order valence-corrected chi connectivity index (χ4v) is 3.60. The van der Waals surface area contributed by atoms with Gasteiger partial charge >= 0.3 is 0 Å². The third-order valence-corrected chi connectivity index (χ3v) is 5.12. The number of hydrogen-bond donors (Lipinski definition) is 1. The average molecular weight is 317 g/mol. The number of carbonyl (C=O) groups excluding carboxylic acids is 1. The van der Waals surface area contributed by atoms with Gasteiger partial charge in [0.25, 0.3) is 0 Å². The molecular weight excluding hydrogens is 290 g/mol. The first-order chi connectivity index (χ1) is 11.3. The van der Waals surface area contributed by atoms with Crippen LogP contribution in [0.4, 0.5) is 0 Å². The molecule has 0 spiro atoms. The molecule has 1 atom stereocenters. The summed E-state index contributed by atoms with van der Waals surface area (Å²) in [5.74, 6) is 0.592. The molecule has 0 amide bonds. The first-order valence-electron chi connectivity index (χ1n) is 8.73. The first kappa shape index (κ1) is 16.6. The molecule has 0 aromatic heterocycles. The number of morpholine rings is 1. The van der Waals surface area contributed by atoms with Gasteiger partial charge < -0.3 is 14.8 Å². The molecule has 1 aliphatic heterocycles. The Morgan fingerprint density at radius 3 is 2.57 bits per heavy atom. The van der Waals surface area contributed by atoms with Crippen molar-refractivity contribution in [2.75, 3.05) is 26.8 Å². The van der Waals surface area contributed by atoms with Crippen molar-refractivity contribution in [3.63, 3.8) is 0 Å². The molecule has 1 aliphatic carbocycles. The number of ketones is 1. The molecule has 3 rings (SSSR count). The lowest BCUT2D eigenvalue weighted by Gasteiger charge is -2.26. The van der Waals surface area contributed by atoms with Crippen molar-refractivity contribution in [1.29, 1.82) is 0 Å². The van der Waals surface area contributed by atoms with E-state index < -0.39 is 0 Å². The Labute approximate surface area is 138 Å². The van der Waals surface area contributed by atoms with E-state index >= 15 is 0 Å². The molecule has 2 fully saturated rings. The van der Waals surface area contributed by atoms with E-state index in [1.807, 2.05) is 0 Å². The van der Waals surface area contributed by atoms with Crippen LogP contribution in [0.1, 0.15) is 42.9 Å². The Balaban J connectivity index is 1.52. The quantitative estimate of drug-likeness (QED) is 0.907. The predicted molar refractivity (Wildman–Crippen MR) is 89.5 cm³/mol. The third-order valence-electron chi connectivity index (χ3n) is 5.12. The standard InChI is InChI=1S/C19H27NO3/c1-22-17-8-6-15(7-9-17)18(21)12-14-2-4-16(5-3-14)19-13-20-10-11-23-19/h2-5,15,17,19-20H,6-13H2,1H3. The molecule has 23 heavy (non-hydrogen) atoms. The Bertz CT molecular complexity index is 500. The summed E-state index contributed by atoms with van der Waals surface area (Å²) in [6, 6.07) is 8.35. The SMILES string of the molecule is COC1CCC(C(=O)Cc2ccc(C3CNCCO3)cc2)CC1. The summed E-state index contributed by atoms with van der Waals surface area (Å²) in [7, 11) is 1.76. The van der Waals surface area contributed by atoms with Crippen LogP contribution >= 0.6 is 0 Å². The second-order valence-electron chi connectivity index (χ2n) is 6.66. The molecule has 126 valence electrons. The van der Waals surface area contributed by atoms with E-state index in [-0.39, 0.29) is 12.0 Å². The van der Waals surface area contributed by atoms with Gasteiger partial charge in [0, 0.05) is 32.5 Å². The Hall–Kier alpha value is -1.23. The maximum atomic E-state index is 12.5. The van der Waals surface area contributed by atoms with Crippen LogP contribution in [0, 0.1) is 5.92 Å². The summed E-state index contributed by atoms with van der Waals surface area (Å²) in [6.07, 6.45) is 5.00. The zero-order valence-electron chi connectivity index (χ0n) is 13.9. The highest BCUT2D eigenvalue weighted by molar-refractivity contribution is 5.83. The van der Waals surface area contributed by atoms with Crippen molar-refractivity contribution in [3.05, 3.63) is 35.4 Å². The minimum atomic E-state index is 0.137. The highest BCUT2D eigenvalue weighted by atomic mass is 16.5. The van der Waals surface area contributed by atoms with Crippen molar-refractivity contribution in [2.24, 2.45) is 5.92 Å². The Kier molecular flexibility index (Phi) is 5.81. The van der Waals surface area contributed by atoms with E-state index in [0.29, 0.717) is 18.3 Å². The lowest BCUT2D eigenvalue weighted by Crippen LogP contribution is -2.33. The first-order valence-corrected chi connectivity index (χ1v) is 8.73. The van der Waals surface area contributed by atoms with Gasteiger partial charge in [0.1, 0.15) is 5.78 Å². The lowest BCUT2D eigenvalue weighted by atomic mass is 9.83. The second-order valence-corrected chi connectivity index (χ2v) is 6.66. The van der Waals surface area contributed by atoms with Gasteiger partial charge in [-0.2, -0.15) is 0 Å². The van der Waals surface area contributed by atoms with Crippen LogP contribution in [0.25, 0.3) is 0 Å². The zero-order chi connectivity index (χ0) is 16.1. The van der Waals surface area contributed by atoms with Gasteiger partial charge in [-0.15, -0.1) is 0 Å². The number of carbonyl (C=O) groups is 1. The average Bonchev–Trinajstić information content (AvgIpc) is 2.63. The van der Waals surface area contributed by atoms with E-state index in [1.54, 1.807) is 7.11 Å². The molecular formula is C19H27NO3. The number of nitrogens with one attached hydrogen (secondary N) is 1. The molecule has 1 heterocycles. The highest BCUT2D eigenvalue weighted by Crippen LogP contribution is 2.27. The van der Waals surface area contributed by atoms with E-state index in [1.165, 1.54) is 5.56 Å². The molecule has 4 nitrogen and oxygen atoms in total. The minimum absolute atomic E-state index is 0.137. The van der Waals surface area contributed by atoms with Crippen molar-refractivity contribution in [3.8, 4) is 0 Å². The number of rotatable bonds is 5. The van der Waals surface area contributed by atoms with E-state index in [9.17, 15) is 4.79 Å². The van der Waals surface area contributed by atoms with Crippen LogP contribution in [-0.2, 0) is 20.7 Å². The van der Waals surface area contributed by atoms with E-state index in [2.05, 4.69) is 29.6 Å². The number of benzene rings is 1. The Morgan fingerprint density at radius 1 is 1.22 bits per heavy atom. The lowest BCUT2D eigenvalue weighted by molar-refractivity contribution is -0.123. The highest BCUT2D eigenvalue weighted by Gasteiger charge is 2.26. The smallest absolute Gasteiger partial charge is 0.140 e. The van der Waals surface area contributed by atoms with Gasteiger partial charge in [0.2, 0.25) is 0 Å². The number of hydrogen-bond acceptors (Lipinski definition) is 4. The van der Waals surface area contributed by atoms with Crippen LogP contribution in [0.3, 0.4) is 0 Å². The molecule has 1 aromatic rings. The molecule has 1 N–H and O–H groups in total. The van der Waals surface area contributed by atoms with E-state index in [0.717, 1.165) is 50.9 Å². The van der Waals surface area contributed by atoms with Crippen LogP contribution < -0.4 is 5.32 Å². The molecule has 1 unspecified atom stereocenters. The summed E-state index contributed by atoms with van der Waals surface area (Å²) in [5.41, 5.74) is 2.30. The molecule has 4 heteroatoms. The Morgan fingerprint density at radius 2 is 1.96 bits per heavy atom. The van der Waals surface area contributed by atoms with Crippen molar-refractivity contribution < 1.29 is 14.3 Å². The number of ether oxygens (including phenoxy) is 2. The summed E-state index contributed by atoms with van der Waals surface area (Å²) < 4.78 is 11.1. The molecule has 1 saturated carbocycles. The molecule has 1 saturated heterocycles. The molecule has 2 aliphatic rings. The van der Waals surface area contributed by atoms with Gasteiger partial charge in [-0.1, -0.05) is 24.3 Å². The van der Waals surface area contributed by atoms with Crippen LogP contribution in [-0.4, -0.2) is 38.7 Å². The van der Waals surface area contributed by atoms with Gasteiger partial charge in [0.05, 0.1) is 18.8 Å². The van der Waals surface area contributed by atoms with Crippen LogP contribution in [0.2, 0.25) is 0 Å². The summed E-state index contributed by atoms with van der Waals surface area (Å²) in [6.45, 7) is 2.55. The monoisotopic (exact) mass is 317 g/mol. The van der Waals surface area contributed by atoms with Crippen LogP contribution in [0.15, 0.2) is 24.3 Å². The number of Topliss-reactive ketones (excluding diaryl/α,β-unsaturated/α-hetero) is 1. The predicted octanol–water partition coefficient (Wildman–Crippen LogP) is 2.66. The van der Waals surface area contributed by atoms with Gasteiger partial charge in [-0.25, -0.2) is 0 Å². The van der Waals surface area contributed by atoms with Gasteiger partial charge in [-0.3, -0.25) is 4.79 Å². The minimum Gasteiger partial charge on any atom is -0.381 e. The summed E-state index contributed by atoms with van der Waals surface area (Å²) >= 11 is 0. The van der Waals surface area contributed by atoms with Crippen molar-refractivity contribution in [2.45, 2.75) is 44.3 Å². The largest absolute Gasteiger partial charge is 0.381 e. The second kappa shape index (κ2) is 8.04. The third kappa shape index (κ3) is 4.40.